The van der Waals surface area contributed by atoms with E-state index in [9.17, 15) is 14.4 Å². The average Bonchev–Trinajstić information content (AvgIpc) is 3.05. The first kappa shape index (κ1) is 15.5. The lowest BCUT2D eigenvalue weighted by Crippen LogP contribution is -2.42. The number of amides is 4. The van der Waals surface area contributed by atoms with Crippen molar-refractivity contribution in [2.75, 3.05) is 13.1 Å². The summed E-state index contributed by atoms with van der Waals surface area (Å²) in [7, 11) is 0. The van der Waals surface area contributed by atoms with Crippen LogP contribution in [0.2, 0.25) is 0 Å². The van der Waals surface area contributed by atoms with Crippen LogP contribution in [0.4, 0.5) is 4.79 Å². The van der Waals surface area contributed by atoms with E-state index < -0.39 is 0 Å². The van der Waals surface area contributed by atoms with Gasteiger partial charge in [0.05, 0.1) is 6.04 Å². The van der Waals surface area contributed by atoms with Gasteiger partial charge in [-0.1, -0.05) is 23.8 Å². The Bertz CT molecular complexity index is 640. The summed E-state index contributed by atoms with van der Waals surface area (Å²) in [4.78, 5) is 36.2. The van der Waals surface area contributed by atoms with Gasteiger partial charge in [-0.05, 0) is 30.9 Å². The van der Waals surface area contributed by atoms with Gasteiger partial charge >= 0.3 is 6.03 Å². The number of likely N-dealkylation sites (tertiary alicyclic amines) is 1. The fourth-order valence-corrected chi connectivity index (χ4v) is 3.23. The third-order valence-electron chi connectivity index (χ3n) is 4.46. The quantitative estimate of drug-likeness (QED) is 0.825. The molecule has 1 aliphatic heterocycles. The Morgan fingerprint density at radius 2 is 1.96 bits per heavy atom. The van der Waals surface area contributed by atoms with Crippen LogP contribution in [0.3, 0.4) is 0 Å². The van der Waals surface area contributed by atoms with E-state index in [1.54, 1.807) is 0 Å². The van der Waals surface area contributed by atoms with E-state index in [1.165, 1.54) is 21.6 Å². The number of imide groups is 1. The molecule has 0 bridgehead atoms. The molecule has 0 aromatic heterocycles. The maximum absolute atomic E-state index is 12.0. The molecule has 1 aromatic rings. The van der Waals surface area contributed by atoms with Gasteiger partial charge in [-0.2, -0.15) is 0 Å². The molecule has 2 aliphatic rings. The van der Waals surface area contributed by atoms with Gasteiger partial charge in [0.15, 0.2) is 0 Å². The second-order valence-electron chi connectivity index (χ2n) is 6.13. The molecule has 3 rings (SSSR count). The summed E-state index contributed by atoms with van der Waals surface area (Å²) in [5.74, 6) is -0.310. The van der Waals surface area contributed by atoms with Crippen LogP contribution in [-0.2, 0) is 16.0 Å². The molecule has 1 saturated heterocycles. The van der Waals surface area contributed by atoms with E-state index in [4.69, 9.17) is 0 Å². The zero-order valence-corrected chi connectivity index (χ0v) is 13.2. The second-order valence-corrected chi connectivity index (χ2v) is 6.13. The number of urea groups is 1. The molecule has 2 N–H and O–H groups in total. The van der Waals surface area contributed by atoms with Crippen molar-refractivity contribution in [2.45, 2.75) is 38.6 Å². The van der Waals surface area contributed by atoms with Gasteiger partial charge in [-0.3, -0.25) is 14.5 Å². The Balaban J connectivity index is 1.48. The molecule has 6 nitrogen and oxygen atoms in total. The fraction of sp³-hybridized carbons (Fsp3) is 0.471. The highest BCUT2D eigenvalue weighted by atomic mass is 16.2. The van der Waals surface area contributed by atoms with E-state index in [-0.39, 0.29) is 49.8 Å². The summed E-state index contributed by atoms with van der Waals surface area (Å²) in [6, 6.07) is 6.10. The summed E-state index contributed by atoms with van der Waals surface area (Å²) >= 11 is 0. The van der Waals surface area contributed by atoms with Crippen LogP contribution in [0.5, 0.6) is 0 Å². The molecule has 4 amide bonds. The van der Waals surface area contributed by atoms with E-state index in [0.717, 1.165) is 12.8 Å². The number of nitrogens with one attached hydrogen (secondary N) is 2. The molecule has 1 aliphatic carbocycles. The lowest BCUT2D eigenvalue weighted by atomic mass is 10.1. The van der Waals surface area contributed by atoms with E-state index in [0.29, 0.717) is 0 Å². The Hall–Kier alpha value is -2.37. The summed E-state index contributed by atoms with van der Waals surface area (Å²) in [5.41, 5.74) is 3.66. The van der Waals surface area contributed by atoms with Crippen LogP contribution in [-0.4, -0.2) is 35.8 Å². The van der Waals surface area contributed by atoms with E-state index in [1.807, 2.05) is 6.92 Å². The monoisotopic (exact) mass is 315 g/mol. The first-order valence-electron chi connectivity index (χ1n) is 8.01. The number of carbonyl (C=O) groups excluding carboxylic acids is 3. The second kappa shape index (κ2) is 6.40. The molecule has 0 saturated carbocycles. The lowest BCUT2D eigenvalue weighted by Gasteiger charge is -2.17. The number of hydrogen-bond acceptors (Lipinski definition) is 3. The molecule has 0 radical (unpaired) electrons. The molecule has 1 atom stereocenters. The topological polar surface area (TPSA) is 78.5 Å². The van der Waals surface area contributed by atoms with Crippen molar-refractivity contribution < 1.29 is 14.4 Å². The third-order valence-corrected chi connectivity index (χ3v) is 4.46. The molecule has 0 spiro atoms. The number of hydrogen-bond donors (Lipinski definition) is 2. The zero-order valence-electron chi connectivity index (χ0n) is 13.2. The minimum Gasteiger partial charge on any atom is -0.336 e. The molecule has 23 heavy (non-hydrogen) atoms. The maximum atomic E-state index is 12.0. The Labute approximate surface area is 135 Å². The van der Waals surface area contributed by atoms with Crippen LogP contribution in [0.15, 0.2) is 18.2 Å². The van der Waals surface area contributed by atoms with Crippen LogP contribution in [0, 0.1) is 6.92 Å². The van der Waals surface area contributed by atoms with Crippen molar-refractivity contribution in [2.24, 2.45) is 0 Å². The molecule has 1 heterocycles. The third kappa shape index (κ3) is 3.36. The number of rotatable bonds is 4. The normalized spacial score (nSPS) is 19.9. The van der Waals surface area contributed by atoms with Crippen LogP contribution >= 0.6 is 0 Å². The van der Waals surface area contributed by atoms with Gasteiger partial charge in [-0.25, -0.2) is 4.79 Å². The maximum Gasteiger partial charge on any atom is 0.315 e. The molecule has 1 aromatic carbocycles. The van der Waals surface area contributed by atoms with Crippen molar-refractivity contribution in [3.63, 3.8) is 0 Å². The Kier molecular flexibility index (Phi) is 4.32. The van der Waals surface area contributed by atoms with E-state index >= 15 is 0 Å². The van der Waals surface area contributed by atoms with Crippen molar-refractivity contribution in [3.8, 4) is 0 Å². The first-order valence-corrected chi connectivity index (χ1v) is 8.01. The largest absolute Gasteiger partial charge is 0.336 e. The number of benzene rings is 1. The SMILES string of the molecule is Cc1ccc2c(c1)C(NC(=O)NCCN1C(=O)CCC1=O)CC2. The summed E-state index contributed by atoms with van der Waals surface area (Å²) in [6.07, 6.45) is 2.43. The van der Waals surface area contributed by atoms with Crippen molar-refractivity contribution >= 4 is 17.8 Å². The van der Waals surface area contributed by atoms with Crippen LogP contribution < -0.4 is 10.6 Å². The van der Waals surface area contributed by atoms with Crippen molar-refractivity contribution in [1.29, 1.82) is 0 Å². The number of aryl methyl sites for hydroxylation is 2. The fourth-order valence-electron chi connectivity index (χ4n) is 3.23. The lowest BCUT2D eigenvalue weighted by molar-refractivity contribution is -0.138. The molecular weight excluding hydrogens is 294 g/mol. The van der Waals surface area contributed by atoms with Crippen molar-refractivity contribution in [1.82, 2.24) is 15.5 Å². The molecule has 1 unspecified atom stereocenters. The summed E-state index contributed by atoms with van der Waals surface area (Å²) < 4.78 is 0. The number of nitrogens with zero attached hydrogens (tertiary/aromatic N) is 1. The smallest absolute Gasteiger partial charge is 0.315 e. The van der Waals surface area contributed by atoms with Gasteiger partial charge in [0, 0.05) is 25.9 Å². The minimum atomic E-state index is -0.261. The van der Waals surface area contributed by atoms with Crippen LogP contribution in [0.1, 0.15) is 42.0 Å². The van der Waals surface area contributed by atoms with Gasteiger partial charge < -0.3 is 10.6 Å². The first-order chi connectivity index (χ1) is 11.0. The van der Waals surface area contributed by atoms with Crippen molar-refractivity contribution in [3.05, 3.63) is 34.9 Å². The Morgan fingerprint density at radius 3 is 2.70 bits per heavy atom. The number of carbonyl (C=O) groups is 3. The minimum absolute atomic E-state index is 0.0277. The standard InChI is InChI=1S/C17H21N3O3/c1-11-2-3-12-4-5-14(13(12)10-11)19-17(23)18-8-9-20-15(21)6-7-16(20)22/h2-3,10,14H,4-9H2,1H3,(H2,18,19,23). The Morgan fingerprint density at radius 1 is 1.22 bits per heavy atom. The predicted molar refractivity (Wildman–Crippen MR) is 84.7 cm³/mol. The van der Waals surface area contributed by atoms with Gasteiger partial charge in [0.1, 0.15) is 0 Å². The summed E-state index contributed by atoms with van der Waals surface area (Å²) in [5, 5.41) is 5.70. The summed E-state index contributed by atoms with van der Waals surface area (Å²) in [6.45, 7) is 2.56. The molecular formula is C17H21N3O3. The van der Waals surface area contributed by atoms with Crippen LogP contribution in [0.25, 0.3) is 0 Å². The van der Waals surface area contributed by atoms with Gasteiger partial charge in [0.2, 0.25) is 11.8 Å². The highest BCUT2D eigenvalue weighted by molar-refractivity contribution is 6.01. The average molecular weight is 315 g/mol. The zero-order chi connectivity index (χ0) is 16.4. The van der Waals surface area contributed by atoms with Gasteiger partial charge in [0.25, 0.3) is 0 Å². The van der Waals surface area contributed by atoms with E-state index in [2.05, 4.69) is 28.8 Å². The highest BCUT2D eigenvalue weighted by Crippen LogP contribution is 2.31. The number of fused-ring (bicyclic) bond motifs is 1. The molecule has 6 heteroatoms. The highest BCUT2D eigenvalue weighted by Gasteiger charge is 2.28. The molecule has 122 valence electrons. The van der Waals surface area contributed by atoms with Gasteiger partial charge in [-0.15, -0.1) is 0 Å². The molecule has 1 fully saturated rings. The predicted octanol–water partition coefficient (Wildman–Crippen LogP) is 1.43.